The first kappa shape index (κ1) is 14.1. The van der Waals surface area contributed by atoms with Gasteiger partial charge in [-0.2, -0.15) is 0 Å². The molecule has 19 heavy (non-hydrogen) atoms. The van der Waals surface area contributed by atoms with Gasteiger partial charge in [0.15, 0.2) is 0 Å². The van der Waals surface area contributed by atoms with Crippen molar-refractivity contribution in [3.8, 4) is 0 Å². The van der Waals surface area contributed by atoms with Crippen LogP contribution >= 0.6 is 0 Å². The minimum absolute atomic E-state index is 0.0213. The predicted octanol–water partition coefficient (Wildman–Crippen LogP) is 3.32. The lowest BCUT2D eigenvalue weighted by atomic mass is 9.92. The van der Waals surface area contributed by atoms with Gasteiger partial charge in [0.05, 0.1) is 6.42 Å². The molecule has 1 aliphatic rings. The second-order valence-corrected chi connectivity index (χ2v) is 5.44. The minimum Gasteiger partial charge on any atom is -0.481 e. The van der Waals surface area contributed by atoms with Gasteiger partial charge in [-0.25, -0.2) is 0 Å². The van der Waals surface area contributed by atoms with E-state index in [1.165, 1.54) is 19.3 Å². The molecule has 1 aromatic carbocycles. The zero-order valence-corrected chi connectivity index (χ0v) is 11.6. The molecular weight excluding hydrogens is 238 g/mol. The molecule has 3 heteroatoms. The van der Waals surface area contributed by atoms with Crippen LogP contribution in [0, 0.1) is 5.92 Å². The molecule has 104 valence electrons. The van der Waals surface area contributed by atoms with E-state index in [1.54, 1.807) is 0 Å². The van der Waals surface area contributed by atoms with Gasteiger partial charge in [0.2, 0.25) is 0 Å². The maximum Gasteiger partial charge on any atom is 0.305 e. The highest BCUT2D eigenvalue weighted by molar-refractivity contribution is 5.68. The van der Waals surface area contributed by atoms with Crippen LogP contribution in [0.15, 0.2) is 30.3 Å². The lowest BCUT2D eigenvalue weighted by Gasteiger charge is -2.37. The van der Waals surface area contributed by atoms with Gasteiger partial charge in [0, 0.05) is 12.6 Å². The van der Waals surface area contributed by atoms with Crippen LogP contribution in [0.3, 0.4) is 0 Å². The number of piperidine rings is 1. The number of hydrogen-bond donors (Lipinski definition) is 1. The van der Waals surface area contributed by atoms with Crippen LogP contribution in [0.4, 0.5) is 0 Å². The lowest BCUT2D eigenvalue weighted by Crippen LogP contribution is -2.39. The average molecular weight is 261 g/mol. The Bertz CT molecular complexity index is 404. The molecule has 1 aliphatic heterocycles. The number of rotatable bonds is 5. The number of likely N-dealkylation sites (tertiary alicyclic amines) is 1. The summed E-state index contributed by atoms with van der Waals surface area (Å²) in [5.41, 5.74) is 1.13. The summed E-state index contributed by atoms with van der Waals surface area (Å²) in [7, 11) is 0. The van der Waals surface area contributed by atoms with Gasteiger partial charge in [0.1, 0.15) is 0 Å². The van der Waals surface area contributed by atoms with Crippen molar-refractivity contribution in [2.75, 3.05) is 13.1 Å². The Kier molecular flexibility index (Phi) is 4.97. The van der Waals surface area contributed by atoms with Crippen molar-refractivity contribution >= 4 is 5.97 Å². The summed E-state index contributed by atoms with van der Waals surface area (Å²) >= 11 is 0. The highest BCUT2D eigenvalue weighted by atomic mass is 16.4. The molecule has 1 aromatic rings. The van der Waals surface area contributed by atoms with E-state index in [0.29, 0.717) is 5.92 Å². The number of hydrogen-bond acceptors (Lipinski definition) is 2. The quantitative estimate of drug-likeness (QED) is 0.884. The summed E-state index contributed by atoms with van der Waals surface area (Å²) in [5.74, 6) is 0.00114. The third-order valence-electron chi connectivity index (χ3n) is 4.12. The average Bonchev–Trinajstić information content (AvgIpc) is 2.45. The normalized spacial score (nSPS) is 22.1. The second-order valence-electron chi connectivity index (χ2n) is 5.44. The SMILES string of the molecule is CCC1CCCN(C(CC(=O)O)c2ccccc2)C1. The number of carbonyl (C=O) groups is 1. The Morgan fingerprint density at radius 3 is 2.79 bits per heavy atom. The Balaban J connectivity index is 2.15. The van der Waals surface area contributed by atoms with Gasteiger partial charge in [0.25, 0.3) is 0 Å². The van der Waals surface area contributed by atoms with Crippen LogP contribution in [0.2, 0.25) is 0 Å². The molecule has 0 amide bonds. The third-order valence-corrected chi connectivity index (χ3v) is 4.12. The van der Waals surface area contributed by atoms with Gasteiger partial charge in [-0.3, -0.25) is 9.69 Å². The van der Waals surface area contributed by atoms with E-state index in [2.05, 4.69) is 11.8 Å². The number of benzene rings is 1. The van der Waals surface area contributed by atoms with Gasteiger partial charge in [-0.15, -0.1) is 0 Å². The lowest BCUT2D eigenvalue weighted by molar-refractivity contribution is -0.138. The molecule has 1 saturated heterocycles. The van der Waals surface area contributed by atoms with Crippen LogP contribution in [-0.2, 0) is 4.79 Å². The van der Waals surface area contributed by atoms with Crippen molar-refractivity contribution in [2.24, 2.45) is 5.92 Å². The highest BCUT2D eigenvalue weighted by Crippen LogP contribution is 2.30. The molecule has 0 aromatic heterocycles. The molecule has 1 heterocycles. The summed E-state index contributed by atoms with van der Waals surface area (Å²) < 4.78 is 0. The van der Waals surface area contributed by atoms with E-state index in [9.17, 15) is 9.90 Å². The molecule has 0 bridgehead atoms. The van der Waals surface area contributed by atoms with Crippen LogP contribution in [-0.4, -0.2) is 29.1 Å². The predicted molar refractivity (Wildman–Crippen MR) is 76.0 cm³/mol. The Morgan fingerprint density at radius 1 is 1.42 bits per heavy atom. The van der Waals surface area contributed by atoms with Crippen molar-refractivity contribution in [1.29, 1.82) is 0 Å². The maximum absolute atomic E-state index is 11.2. The first-order chi connectivity index (χ1) is 9.20. The minimum atomic E-state index is -0.715. The molecule has 0 saturated carbocycles. The fourth-order valence-electron chi connectivity index (χ4n) is 3.01. The summed E-state index contributed by atoms with van der Waals surface area (Å²) in [5, 5.41) is 9.17. The van der Waals surface area contributed by atoms with Crippen molar-refractivity contribution in [1.82, 2.24) is 4.90 Å². The fourth-order valence-corrected chi connectivity index (χ4v) is 3.01. The van der Waals surface area contributed by atoms with Crippen LogP contribution in [0.25, 0.3) is 0 Å². The van der Waals surface area contributed by atoms with Crippen molar-refractivity contribution in [3.05, 3.63) is 35.9 Å². The first-order valence-corrected chi connectivity index (χ1v) is 7.21. The van der Waals surface area contributed by atoms with E-state index < -0.39 is 5.97 Å². The maximum atomic E-state index is 11.2. The summed E-state index contributed by atoms with van der Waals surface area (Å²) in [6.45, 7) is 4.27. The molecule has 2 unspecified atom stereocenters. The summed E-state index contributed by atoms with van der Waals surface area (Å²) in [4.78, 5) is 13.5. The molecule has 2 atom stereocenters. The Labute approximate surface area is 115 Å². The highest BCUT2D eigenvalue weighted by Gasteiger charge is 2.27. The van der Waals surface area contributed by atoms with E-state index >= 15 is 0 Å². The van der Waals surface area contributed by atoms with Gasteiger partial charge in [-0.05, 0) is 30.9 Å². The molecule has 0 spiro atoms. The Morgan fingerprint density at radius 2 is 2.16 bits per heavy atom. The topological polar surface area (TPSA) is 40.5 Å². The van der Waals surface area contributed by atoms with Gasteiger partial charge >= 0.3 is 5.97 Å². The zero-order valence-electron chi connectivity index (χ0n) is 11.6. The molecular formula is C16H23NO2. The van der Waals surface area contributed by atoms with Crippen LogP contribution in [0.1, 0.15) is 44.2 Å². The standard InChI is InChI=1S/C16H23NO2/c1-2-13-7-6-10-17(12-13)15(11-16(18)19)14-8-4-3-5-9-14/h3-5,8-9,13,15H,2,6-7,10-12H2,1H3,(H,18,19). The molecule has 1 N–H and O–H groups in total. The van der Waals surface area contributed by atoms with Gasteiger partial charge in [-0.1, -0.05) is 43.7 Å². The van der Waals surface area contributed by atoms with Crippen LogP contribution < -0.4 is 0 Å². The monoisotopic (exact) mass is 261 g/mol. The fraction of sp³-hybridized carbons (Fsp3) is 0.562. The van der Waals surface area contributed by atoms with E-state index in [4.69, 9.17) is 0 Å². The van der Waals surface area contributed by atoms with E-state index in [-0.39, 0.29) is 12.5 Å². The van der Waals surface area contributed by atoms with E-state index in [0.717, 1.165) is 18.7 Å². The zero-order chi connectivity index (χ0) is 13.7. The van der Waals surface area contributed by atoms with Crippen molar-refractivity contribution in [2.45, 2.75) is 38.6 Å². The number of nitrogens with zero attached hydrogens (tertiary/aromatic N) is 1. The largest absolute Gasteiger partial charge is 0.481 e. The molecule has 0 aliphatic carbocycles. The van der Waals surface area contributed by atoms with Crippen LogP contribution in [0.5, 0.6) is 0 Å². The van der Waals surface area contributed by atoms with Crippen molar-refractivity contribution in [3.63, 3.8) is 0 Å². The summed E-state index contributed by atoms with van der Waals surface area (Å²) in [6.07, 6.45) is 3.84. The smallest absolute Gasteiger partial charge is 0.305 e. The Hall–Kier alpha value is -1.35. The third kappa shape index (κ3) is 3.80. The number of carboxylic acids is 1. The molecule has 2 rings (SSSR count). The molecule has 1 fully saturated rings. The number of carboxylic acid groups (broad SMARTS) is 1. The summed E-state index contributed by atoms with van der Waals surface area (Å²) in [6, 6.07) is 10.1. The second kappa shape index (κ2) is 6.71. The molecule has 3 nitrogen and oxygen atoms in total. The van der Waals surface area contributed by atoms with E-state index in [1.807, 2.05) is 30.3 Å². The molecule has 0 radical (unpaired) electrons. The number of aliphatic carboxylic acids is 1. The van der Waals surface area contributed by atoms with Gasteiger partial charge < -0.3 is 5.11 Å². The van der Waals surface area contributed by atoms with Crippen molar-refractivity contribution < 1.29 is 9.90 Å². The first-order valence-electron chi connectivity index (χ1n) is 7.21.